The molecular formula is C12H14ClNO. The largest absolute Gasteiger partial charge is 0.392 e. The van der Waals surface area contributed by atoms with Gasteiger partial charge in [0, 0.05) is 22.8 Å². The normalized spacial score (nSPS) is 9.73. The first-order valence-electron chi connectivity index (χ1n) is 4.80. The minimum absolute atomic E-state index is 0.00638. The van der Waals surface area contributed by atoms with Gasteiger partial charge in [0.15, 0.2) is 0 Å². The molecule has 80 valence electrons. The molecule has 15 heavy (non-hydrogen) atoms. The van der Waals surface area contributed by atoms with E-state index < -0.39 is 0 Å². The molecule has 0 saturated heterocycles. The van der Waals surface area contributed by atoms with E-state index in [1.165, 1.54) is 0 Å². The molecule has 0 fully saturated rings. The Bertz CT molecular complexity index is 370. The van der Waals surface area contributed by atoms with E-state index in [1.807, 2.05) is 24.0 Å². The Morgan fingerprint density at radius 3 is 2.80 bits per heavy atom. The summed E-state index contributed by atoms with van der Waals surface area (Å²) in [5.41, 5.74) is 1.75. The lowest BCUT2D eigenvalue weighted by atomic mass is 10.1. The maximum atomic E-state index is 9.20. The van der Waals surface area contributed by atoms with Gasteiger partial charge in [-0.3, -0.25) is 0 Å². The third kappa shape index (κ3) is 2.89. The Hall–Kier alpha value is -1.17. The van der Waals surface area contributed by atoms with E-state index in [2.05, 4.69) is 5.92 Å². The molecule has 0 saturated carbocycles. The van der Waals surface area contributed by atoms with Crippen molar-refractivity contribution < 1.29 is 5.11 Å². The van der Waals surface area contributed by atoms with Crippen LogP contribution < -0.4 is 4.90 Å². The van der Waals surface area contributed by atoms with Gasteiger partial charge in [0.05, 0.1) is 13.2 Å². The molecule has 0 atom stereocenters. The lowest BCUT2D eigenvalue weighted by Gasteiger charge is -2.23. The van der Waals surface area contributed by atoms with Crippen molar-refractivity contribution in [3.05, 3.63) is 28.8 Å². The van der Waals surface area contributed by atoms with Crippen LogP contribution in [0.2, 0.25) is 5.02 Å². The average Bonchev–Trinajstić information content (AvgIpc) is 2.26. The van der Waals surface area contributed by atoms with Crippen molar-refractivity contribution >= 4 is 17.3 Å². The Morgan fingerprint density at radius 1 is 1.53 bits per heavy atom. The number of hydrogen-bond acceptors (Lipinski definition) is 2. The van der Waals surface area contributed by atoms with Crippen molar-refractivity contribution in [2.45, 2.75) is 13.5 Å². The second-order valence-corrected chi connectivity index (χ2v) is 3.59. The summed E-state index contributed by atoms with van der Waals surface area (Å²) in [6, 6.07) is 5.41. The number of aliphatic hydroxyl groups is 1. The molecule has 0 amide bonds. The molecule has 2 nitrogen and oxygen atoms in total. The van der Waals surface area contributed by atoms with E-state index in [1.54, 1.807) is 6.07 Å². The summed E-state index contributed by atoms with van der Waals surface area (Å²) in [7, 11) is 0. The number of halogens is 1. The van der Waals surface area contributed by atoms with Crippen molar-refractivity contribution in [1.29, 1.82) is 0 Å². The fourth-order valence-corrected chi connectivity index (χ4v) is 1.61. The molecule has 0 bridgehead atoms. The number of anilines is 1. The predicted octanol–water partition coefficient (Wildman–Crippen LogP) is 2.29. The van der Waals surface area contributed by atoms with Crippen LogP contribution in [0, 0.1) is 12.3 Å². The highest BCUT2D eigenvalue weighted by molar-refractivity contribution is 6.30. The molecular weight excluding hydrogens is 210 g/mol. The zero-order chi connectivity index (χ0) is 11.3. The molecule has 0 aliphatic carbocycles. The fraction of sp³-hybridized carbons (Fsp3) is 0.333. The summed E-state index contributed by atoms with van der Waals surface area (Å²) in [4.78, 5) is 2.00. The smallest absolute Gasteiger partial charge is 0.0791 e. The average molecular weight is 224 g/mol. The van der Waals surface area contributed by atoms with E-state index in [4.69, 9.17) is 18.0 Å². The maximum absolute atomic E-state index is 9.20. The Labute approximate surface area is 95.5 Å². The number of nitrogens with zero attached hydrogens (tertiary/aromatic N) is 1. The number of benzene rings is 1. The molecule has 0 aromatic heterocycles. The van der Waals surface area contributed by atoms with Crippen LogP contribution >= 0.6 is 11.6 Å². The quantitative estimate of drug-likeness (QED) is 0.792. The van der Waals surface area contributed by atoms with Crippen molar-refractivity contribution in [1.82, 2.24) is 0 Å². The Morgan fingerprint density at radius 2 is 2.27 bits per heavy atom. The molecule has 3 heteroatoms. The van der Waals surface area contributed by atoms with Crippen molar-refractivity contribution in [3.63, 3.8) is 0 Å². The molecule has 0 radical (unpaired) electrons. The van der Waals surface area contributed by atoms with Gasteiger partial charge in [-0.05, 0) is 19.1 Å². The highest BCUT2D eigenvalue weighted by atomic mass is 35.5. The van der Waals surface area contributed by atoms with E-state index in [0.717, 1.165) is 17.8 Å². The summed E-state index contributed by atoms with van der Waals surface area (Å²) in [5.74, 6) is 2.59. The summed E-state index contributed by atoms with van der Waals surface area (Å²) in [6.45, 7) is 3.31. The Kier molecular flexibility index (Phi) is 4.48. The molecule has 1 aromatic carbocycles. The lowest BCUT2D eigenvalue weighted by Crippen LogP contribution is -2.24. The van der Waals surface area contributed by atoms with Crippen LogP contribution in [0.5, 0.6) is 0 Å². The van der Waals surface area contributed by atoms with Crippen molar-refractivity contribution in [3.8, 4) is 12.3 Å². The molecule has 1 N–H and O–H groups in total. The van der Waals surface area contributed by atoms with E-state index in [0.29, 0.717) is 11.6 Å². The van der Waals surface area contributed by atoms with Crippen LogP contribution in [0.15, 0.2) is 18.2 Å². The molecule has 0 spiro atoms. The topological polar surface area (TPSA) is 23.5 Å². The maximum Gasteiger partial charge on any atom is 0.0791 e. The van der Waals surface area contributed by atoms with Gasteiger partial charge in [-0.25, -0.2) is 0 Å². The van der Waals surface area contributed by atoms with Crippen LogP contribution in [0.1, 0.15) is 12.5 Å². The SMILES string of the molecule is C#CCN(CC)c1cc(Cl)ccc1CO. The zero-order valence-corrected chi connectivity index (χ0v) is 9.46. The van der Waals surface area contributed by atoms with Gasteiger partial charge >= 0.3 is 0 Å². The van der Waals surface area contributed by atoms with Gasteiger partial charge in [-0.15, -0.1) is 6.42 Å². The monoisotopic (exact) mass is 223 g/mol. The summed E-state index contributed by atoms with van der Waals surface area (Å²) in [6.07, 6.45) is 5.28. The van der Waals surface area contributed by atoms with Gasteiger partial charge in [-0.1, -0.05) is 23.6 Å². The first-order chi connectivity index (χ1) is 7.22. The standard InChI is InChI=1S/C12H14ClNO/c1-3-7-14(4-2)12-8-11(13)6-5-10(12)9-15/h1,5-6,8,15H,4,7,9H2,2H3. The lowest BCUT2D eigenvalue weighted by molar-refractivity contribution is 0.282. The van der Waals surface area contributed by atoms with Crippen LogP contribution in [0.25, 0.3) is 0 Å². The molecule has 0 aliphatic heterocycles. The highest BCUT2D eigenvalue weighted by Crippen LogP contribution is 2.24. The Balaban J connectivity index is 3.09. The predicted molar refractivity (Wildman–Crippen MR) is 64.1 cm³/mol. The van der Waals surface area contributed by atoms with Gasteiger partial charge in [0.2, 0.25) is 0 Å². The number of hydrogen-bond donors (Lipinski definition) is 1. The third-order valence-electron chi connectivity index (χ3n) is 2.22. The van der Waals surface area contributed by atoms with E-state index in [-0.39, 0.29) is 6.61 Å². The first kappa shape index (κ1) is 11.9. The van der Waals surface area contributed by atoms with Crippen LogP contribution in [-0.2, 0) is 6.61 Å². The number of rotatable bonds is 4. The van der Waals surface area contributed by atoms with E-state index in [9.17, 15) is 5.11 Å². The first-order valence-corrected chi connectivity index (χ1v) is 5.18. The molecule has 0 unspecified atom stereocenters. The number of aliphatic hydroxyl groups excluding tert-OH is 1. The van der Waals surface area contributed by atoms with Gasteiger partial charge < -0.3 is 10.0 Å². The summed E-state index contributed by atoms with van der Waals surface area (Å²) < 4.78 is 0. The minimum atomic E-state index is -0.00638. The zero-order valence-electron chi connectivity index (χ0n) is 8.70. The second-order valence-electron chi connectivity index (χ2n) is 3.15. The molecule has 0 aliphatic rings. The number of terminal acetylenes is 1. The summed E-state index contributed by atoms with van der Waals surface area (Å²) >= 11 is 5.92. The minimum Gasteiger partial charge on any atom is -0.392 e. The molecule has 0 heterocycles. The van der Waals surface area contributed by atoms with Gasteiger partial charge in [-0.2, -0.15) is 0 Å². The highest BCUT2D eigenvalue weighted by Gasteiger charge is 2.08. The van der Waals surface area contributed by atoms with Crippen LogP contribution in [0.3, 0.4) is 0 Å². The molecule has 1 aromatic rings. The van der Waals surface area contributed by atoms with Gasteiger partial charge in [0.25, 0.3) is 0 Å². The van der Waals surface area contributed by atoms with Gasteiger partial charge in [0.1, 0.15) is 0 Å². The van der Waals surface area contributed by atoms with Crippen LogP contribution in [-0.4, -0.2) is 18.2 Å². The van der Waals surface area contributed by atoms with Crippen molar-refractivity contribution in [2.75, 3.05) is 18.0 Å². The third-order valence-corrected chi connectivity index (χ3v) is 2.46. The molecule has 1 rings (SSSR count). The van der Waals surface area contributed by atoms with Crippen molar-refractivity contribution in [2.24, 2.45) is 0 Å². The summed E-state index contributed by atoms with van der Waals surface area (Å²) in [5, 5.41) is 9.85. The fourth-order valence-electron chi connectivity index (χ4n) is 1.44. The van der Waals surface area contributed by atoms with Crippen LogP contribution in [0.4, 0.5) is 5.69 Å². The van der Waals surface area contributed by atoms with E-state index >= 15 is 0 Å². The second kappa shape index (κ2) is 5.65.